The number of aliphatic hydroxyl groups excluding tert-OH is 1. The van der Waals surface area contributed by atoms with Crippen LogP contribution in [0.3, 0.4) is 0 Å². The molecule has 0 radical (unpaired) electrons. The van der Waals surface area contributed by atoms with E-state index in [1.165, 1.54) is 6.20 Å². The molecule has 0 aliphatic rings. The van der Waals surface area contributed by atoms with E-state index in [0.29, 0.717) is 22.4 Å². The van der Waals surface area contributed by atoms with Crippen molar-refractivity contribution in [2.75, 3.05) is 24.6 Å². The monoisotopic (exact) mass is 317 g/mol. The predicted octanol–water partition coefficient (Wildman–Crippen LogP) is 2.27. The summed E-state index contributed by atoms with van der Waals surface area (Å²) in [6.07, 6.45) is 2.17. The summed E-state index contributed by atoms with van der Waals surface area (Å²) >= 11 is 3.35. The number of aliphatic hydroxyl groups is 1. The third-order valence-electron chi connectivity index (χ3n) is 2.58. The number of pyridine rings is 1. The van der Waals surface area contributed by atoms with Gasteiger partial charge in [0.05, 0.1) is 16.0 Å². The van der Waals surface area contributed by atoms with E-state index in [9.17, 15) is 10.1 Å². The van der Waals surface area contributed by atoms with Crippen LogP contribution in [-0.4, -0.2) is 34.7 Å². The third-order valence-corrected chi connectivity index (χ3v) is 3.53. The highest BCUT2D eigenvalue weighted by molar-refractivity contribution is 9.10. The zero-order chi connectivity index (χ0) is 13.7. The van der Waals surface area contributed by atoms with Crippen molar-refractivity contribution in [3.05, 3.63) is 26.3 Å². The zero-order valence-corrected chi connectivity index (χ0v) is 12.0. The van der Waals surface area contributed by atoms with Gasteiger partial charge in [-0.2, -0.15) is 0 Å². The van der Waals surface area contributed by atoms with Crippen LogP contribution in [0.5, 0.6) is 0 Å². The molecule has 6 nitrogen and oxygen atoms in total. The zero-order valence-electron chi connectivity index (χ0n) is 10.4. The molecule has 1 aromatic rings. The lowest BCUT2D eigenvalue weighted by atomic mass is 10.2. The third kappa shape index (κ3) is 3.17. The molecule has 0 aliphatic carbocycles. The van der Waals surface area contributed by atoms with Gasteiger partial charge in [-0.1, -0.05) is 6.92 Å². The molecule has 1 aromatic heterocycles. The Kier molecular flexibility index (Phi) is 5.49. The van der Waals surface area contributed by atoms with Gasteiger partial charge >= 0.3 is 0 Å². The van der Waals surface area contributed by atoms with Crippen molar-refractivity contribution in [1.82, 2.24) is 4.98 Å². The number of anilines is 1. The molecule has 0 aromatic carbocycles. The second kappa shape index (κ2) is 6.65. The maximum atomic E-state index is 10.8. The summed E-state index contributed by atoms with van der Waals surface area (Å²) in [7, 11) is 0. The largest absolute Gasteiger partial charge is 0.395 e. The molecule has 7 heteroatoms. The number of nitrogens with zero attached hydrogens (tertiary/aromatic N) is 3. The van der Waals surface area contributed by atoms with Crippen molar-refractivity contribution in [3.63, 3.8) is 0 Å². The highest BCUT2D eigenvalue weighted by Crippen LogP contribution is 2.32. The standard InChI is InChI=1S/C11H16BrN3O3/c1-3-4-14(5-6-16)11-10(12)8(2)9(7-13-11)15(17)18/h7,16H,3-6H2,1-2H3. The van der Waals surface area contributed by atoms with E-state index in [1.807, 2.05) is 11.8 Å². The Morgan fingerprint density at radius 1 is 1.56 bits per heavy atom. The number of halogens is 1. The van der Waals surface area contributed by atoms with Crippen LogP contribution in [0, 0.1) is 17.0 Å². The molecule has 1 rings (SSSR count). The van der Waals surface area contributed by atoms with Crippen LogP contribution in [0.15, 0.2) is 10.7 Å². The Labute approximate surface area is 114 Å². The first kappa shape index (κ1) is 14.8. The average molecular weight is 318 g/mol. The van der Waals surface area contributed by atoms with E-state index in [4.69, 9.17) is 5.11 Å². The van der Waals surface area contributed by atoms with Crippen LogP contribution >= 0.6 is 15.9 Å². The fourth-order valence-electron chi connectivity index (χ4n) is 1.67. The van der Waals surface area contributed by atoms with Crippen LogP contribution < -0.4 is 4.90 Å². The van der Waals surface area contributed by atoms with Crippen molar-refractivity contribution < 1.29 is 10.0 Å². The summed E-state index contributed by atoms with van der Waals surface area (Å²) in [6, 6.07) is 0. The van der Waals surface area contributed by atoms with Crippen molar-refractivity contribution in [2.45, 2.75) is 20.3 Å². The maximum Gasteiger partial charge on any atom is 0.291 e. The molecular weight excluding hydrogens is 302 g/mol. The topological polar surface area (TPSA) is 79.5 Å². The fraction of sp³-hybridized carbons (Fsp3) is 0.545. The first-order valence-corrected chi connectivity index (χ1v) is 6.47. The Balaban J connectivity index is 3.16. The van der Waals surface area contributed by atoms with Gasteiger partial charge in [-0.3, -0.25) is 10.1 Å². The van der Waals surface area contributed by atoms with E-state index in [1.54, 1.807) is 6.92 Å². The van der Waals surface area contributed by atoms with Crippen molar-refractivity contribution >= 4 is 27.4 Å². The summed E-state index contributed by atoms with van der Waals surface area (Å²) in [5.41, 5.74) is 0.537. The number of rotatable bonds is 6. The second-order valence-electron chi connectivity index (χ2n) is 3.87. The molecular formula is C11H16BrN3O3. The number of aromatic nitrogens is 1. The molecule has 0 fully saturated rings. The lowest BCUT2D eigenvalue weighted by Gasteiger charge is -2.23. The van der Waals surface area contributed by atoms with Crippen LogP contribution in [0.4, 0.5) is 11.5 Å². The number of hydrogen-bond acceptors (Lipinski definition) is 5. The normalized spacial score (nSPS) is 10.4. The maximum absolute atomic E-state index is 10.8. The van der Waals surface area contributed by atoms with Crippen molar-refractivity contribution in [1.29, 1.82) is 0 Å². The number of nitro groups is 1. The molecule has 1 N–H and O–H groups in total. The first-order chi connectivity index (χ1) is 8.52. The molecule has 0 amide bonds. The van der Waals surface area contributed by atoms with Crippen LogP contribution in [0.2, 0.25) is 0 Å². The highest BCUT2D eigenvalue weighted by atomic mass is 79.9. The minimum absolute atomic E-state index is 0.00827. The lowest BCUT2D eigenvalue weighted by molar-refractivity contribution is -0.385. The van der Waals surface area contributed by atoms with Gasteiger partial charge in [0.15, 0.2) is 0 Å². The fourth-order valence-corrected chi connectivity index (χ4v) is 2.23. The van der Waals surface area contributed by atoms with Gasteiger partial charge in [0.1, 0.15) is 12.0 Å². The van der Waals surface area contributed by atoms with Crippen LogP contribution in [-0.2, 0) is 0 Å². The van der Waals surface area contributed by atoms with Gasteiger partial charge in [-0.25, -0.2) is 4.98 Å². The van der Waals surface area contributed by atoms with Gasteiger partial charge in [0, 0.05) is 18.7 Å². The molecule has 0 bridgehead atoms. The quantitative estimate of drug-likeness (QED) is 0.643. The van der Waals surface area contributed by atoms with E-state index in [-0.39, 0.29) is 12.3 Å². The van der Waals surface area contributed by atoms with Crippen LogP contribution in [0.25, 0.3) is 0 Å². The Hall–Kier alpha value is -1.21. The van der Waals surface area contributed by atoms with E-state index >= 15 is 0 Å². The molecule has 18 heavy (non-hydrogen) atoms. The van der Waals surface area contributed by atoms with E-state index in [2.05, 4.69) is 20.9 Å². The summed E-state index contributed by atoms with van der Waals surface area (Å²) in [4.78, 5) is 16.4. The minimum Gasteiger partial charge on any atom is -0.395 e. The van der Waals surface area contributed by atoms with Crippen molar-refractivity contribution in [2.24, 2.45) is 0 Å². The van der Waals surface area contributed by atoms with Gasteiger partial charge in [-0.15, -0.1) is 0 Å². The molecule has 0 atom stereocenters. The second-order valence-corrected chi connectivity index (χ2v) is 4.67. The molecule has 100 valence electrons. The molecule has 0 spiro atoms. The Bertz CT molecular complexity index is 434. The summed E-state index contributed by atoms with van der Waals surface area (Å²) in [6.45, 7) is 4.91. The molecule has 0 saturated heterocycles. The molecule has 1 heterocycles. The van der Waals surface area contributed by atoms with Gasteiger partial charge in [0.2, 0.25) is 0 Å². The highest BCUT2D eigenvalue weighted by Gasteiger charge is 2.20. The molecule has 0 unspecified atom stereocenters. The van der Waals surface area contributed by atoms with Gasteiger partial charge < -0.3 is 10.0 Å². The van der Waals surface area contributed by atoms with Crippen LogP contribution in [0.1, 0.15) is 18.9 Å². The summed E-state index contributed by atoms with van der Waals surface area (Å²) in [5.74, 6) is 0.633. The molecule has 0 saturated carbocycles. The minimum atomic E-state index is -0.451. The smallest absolute Gasteiger partial charge is 0.291 e. The van der Waals surface area contributed by atoms with Gasteiger partial charge in [-0.05, 0) is 29.3 Å². The SMILES string of the molecule is CCCN(CCO)c1ncc([N+](=O)[O-])c(C)c1Br. The lowest BCUT2D eigenvalue weighted by Crippen LogP contribution is -2.28. The average Bonchev–Trinajstić information content (AvgIpc) is 2.32. The number of hydrogen-bond donors (Lipinski definition) is 1. The van der Waals surface area contributed by atoms with E-state index < -0.39 is 4.92 Å². The Morgan fingerprint density at radius 2 is 2.22 bits per heavy atom. The molecule has 0 aliphatic heterocycles. The predicted molar refractivity (Wildman–Crippen MR) is 72.9 cm³/mol. The Morgan fingerprint density at radius 3 is 2.72 bits per heavy atom. The summed E-state index contributed by atoms with van der Waals surface area (Å²) < 4.78 is 0.610. The van der Waals surface area contributed by atoms with Gasteiger partial charge in [0.25, 0.3) is 5.69 Å². The first-order valence-electron chi connectivity index (χ1n) is 5.68. The van der Waals surface area contributed by atoms with Crippen molar-refractivity contribution in [3.8, 4) is 0 Å². The summed E-state index contributed by atoms with van der Waals surface area (Å²) in [5, 5.41) is 19.8. The van der Waals surface area contributed by atoms with E-state index in [0.717, 1.165) is 13.0 Å².